The summed E-state index contributed by atoms with van der Waals surface area (Å²) in [6.07, 6.45) is 1.71. The average Bonchev–Trinajstić information content (AvgIpc) is 2.60. The van der Waals surface area contributed by atoms with Gasteiger partial charge in [-0.25, -0.2) is 0 Å². The van der Waals surface area contributed by atoms with Crippen molar-refractivity contribution in [2.24, 2.45) is 12.9 Å². The molecule has 1 aromatic rings. The first kappa shape index (κ1) is 14.3. The van der Waals surface area contributed by atoms with E-state index in [1.807, 2.05) is 18.8 Å². The zero-order valence-corrected chi connectivity index (χ0v) is 12.0. The Kier molecular flexibility index (Phi) is 4.85. The zero-order valence-electron chi connectivity index (χ0n) is 11.2. The summed E-state index contributed by atoms with van der Waals surface area (Å²) in [6.45, 7) is 6.56. The number of rotatable bonds is 5. The number of aryl methyl sites for hydroxylation is 1. The number of nitrogens with one attached hydrogen (secondary N) is 1. The lowest BCUT2D eigenvalue weighted by atomic mass is 10.2. The molecule has 17 heavy (non-hydrogen) atoms. The minimum Gasteiger partial charge on any atom is -0.493 e. The van der Waals surface area contributed by atoms with E-state index in [9.17, 15) is 0 Å². The van der Waals surface area contributed by atoms with Crippen LogP contribution in [-0.4, -0.2) is 27.4 Å². The van der Waals surface area contributed by atoms with E-state index in [-0.39, 0.29) is 10.8 Å². The van der Waals surface area contributed by atoms with Gasteiger partial charge in [0.25, 0.3) is 0 Å². The highest BCUT2D eigenvalue weighted by Crippen LogP contribution is 2.31. The van der Waals surface area contributed by atoms with Gasteiger partial charge in [-0.05, 0) is 0 Å². The summed E-state index contributed by atoms with van der Waals surface area (Å²) in [7, 11) is 3.54. The van der Waals surface area contributed by atoms with Crippen LogP contribution in [0.4, 0.5) is 0 Å². The number of methoxy groups -OCH3 is 1. The first-order valence-corrected chi connectivity index (χ1v) is 6.53. The molecule has 1 unspecified atom stereocenters. The molecular weight excluding hydrogens is 236 g/mol. The predicted molar refractivity (Wildman–Crippen MR) is 72.0 cm³/mol. The molecular formula is C11H22N4OS. The van der Waals surface area contributed by atoms with Crippen molar-refractivity contribution in [1.82, 2.24) is 15.2 Å². The lowest BCUT2D eigenvalue weighted by Crippen LogP contribution is -2.32. The minimum atomic E-state index is 0.0293. The van der Waals surface area contributed by atoms with Crippen LogP contribution < -0.4 is 16.0 Å². The van der Waals surface area contributed by atoms with Crippen LogP contribution in [0, 0.1) is 0 Å². The summed E-state index contributed by atoms with van der Waals surface area (Å²) in [5.74, 6) is 7.27. The molecule has 0 aliphatic carbocycles. The number of ether oxygens (including phenoxy) is 1. The molecule has 0 saturated carbocycles. The summed E-state index contributed by atoms with van der Waals surface area (Å²) in [4.78, 5) is 0. The molecule has 5 nitrogen and oxygen atoms in total. The van der Waals surface area contributed by atoms with Crippen LogP contribution in [-0.2, 0) is 7.05 Å². The van der Waals surface area contributed by atoms with E-state index >= 15 is 0 Å². The molecule has 0 spiro atoms. The summed E-state index contributed by atoms with van der Waals surface area (Å²) in [5, 5.41) is 4.19. The molecule has 3 N–H and O–H groups in total. The van der Waals surface area contributed by atoms with Crippen molar-refractivity contribution in [3.63, 3.8) is 0 Å². The molecule has 0 fully saturated rings. The molecule has 0 amide bonds. The van der Waals surface area contributed by atoms with Crippen molar-refractivity contribution >= 4 is 11.8 Å². The highest BCUT2D eigenvalue weighted by atomic mass is 32.2. The Morgan fingerprint density at radius 1 is 1.59 bits per heavy atom. The monoisotopic (exact) mass is 258 g/mol. The SMILES string of the molecule is COc1cnn(C)c1C(CSC(C)(C)C)NN. The molecule has 0 bridgehead atoms. The molecule has 1 aromatic heterocycles. The number of nitrogens with zero attached hydrogens (tertiary/aromatic N) is 2. The second kappa shape index (κ2) is 5.75. The van der Waals surface area contributed by atoms with E-state index in [1.165, 1.54) is 0 Å². The molecule has 0 aromatic carbocycles. The maximum atomic E-state index is 5.63. The van der Waals surface area contributed by atoms with Crippen LogP contribution in [0.1, 0.15) is 32.5 Å². The number of hydrogen-bond acceptors (Lipinski definition) is 5. The third-order valence-electron chi connectivity index (χ3n) is 2.38. The van der Waals surface area contributed by atoms with Gasteiger partial charge in [-0.3, -0.25) is 16.0 Å². The Balaban J connectivity index is 2.82. The van der Waals surface area contributed by atoms with Crippen molar-refractivity contribution in [3.8, 4) is 5.75 Å². The van der Waals surface area contributed by atoms with Crippen molar-refractivity contribution in [2.45, 2.75) is 31.6 Å². The Labute approximate surface area is 107 Å². The fourth-order valence-corrected chi connectivity index (χ4v) is 2.44. The first-order valence-electron chi connectivity index (χ1n) is 5.55. The van der Waals surface area contributed by atoms with Crippen LogP contribution in [0.25, 0.3) is 0 Å². The van der Waals surface area contributed by atoms with Gasteiger partial charge in [0.15, 0.2) is 5.75 Å². The summed E-state index contributed by atoms with van der Waals surface area (Å²) in [5.41, 5.74) is 3.81. The van der Waals surface area contributed by atoms with E-state index in [4.69, 9.17) is 10.6 Å². The largest absolute Gasteiger partial charge is 0.493 e. The molecule has 1 rings (SSSR count). The Bertz CT molecular complexity index is 359. The standard InChI is InChI=1S/C11H22N4OS/c1-11(2,3)17-7-8(14-12)10-9(16-5)6-13-15(10)4/h6,8,14H,7,12H2,1-5H3. The number of hydrogen-bond donors (Lipinski definition) is 2. The fourth-order valence-electron chi connectivity index (χ4n) is 1.52. The van der Waals surface area contributed by atoms with Gasteiger partial charge < -0.3 is 4.74 Å². The molecule has 1 heterocycles. The van der Waals surface area contributed by atoms with Gasteiger partial charge in [0, 0.05) is 17.5 Å². The highest BCUT2D eigenvalue weighted by Gasteiger charge is 2.22. The first-order chi connectivity index (χ1) is 7.89. The third-order valence-corrected chi connectivity index (χ3v) is 3.75. The fraction of sp³-hybridized carbons (Fsp3) is 0.727. The van der Waals surface area contributed by atoms with Gasteiger partial charge in [0.05, 0.1) is 25.0 Å². The summed E-state index contributed by atoms with van der Waals surface area (Å²) >= 11 is 1.85. The highest BCUT2D eigenvalue weighted by molar-refractivity contribution is 8.00. The maximum Gasteiger partial charge on any atom is 0.161 e. The summed E-state index contributed by atoms with van der Waals surface area (Å²) < 4.78 is 7.30. The molecule has 0 saturated heterocycles. The molecule has 0 radical (unpaired) electrons. The number of hydrazine groups is 1. The third kappa shape index (κ3) is 3.90. The average molecular weight is 258 g/mol. The van der Waals surface area contributed by atoms with Gasteiger partial charge in [-0.1, -0.05) is 20.8 Å². The van der Waals surface area contributed by atoms with E-state index in [0.717, 1.165) is 17.2 Å². The van der Waals surface area contributed by atoms with E-state index in [0.29, 0.717) is 0 Å². The summed E-state index contributed by atoms with van der Waals surface area (Å²) in [6, 6.07) is 0.0293. The van der Waals surface area contributed by atoms with Crippen LogP contribution >= 0.6 is 11.8 Å². The van der Waals surface area contributed by atoms with E-state index in [1.54, 1.807) is 18.0 Å². The second-order valence-electron chi connectivity index (χ2n) is 4.86. The van der Waals surface area contributed by atoms with Gasteiger partial charge in [-0.15, -0.1) is 0 Å². The van der Waals surface area contributed by atoms with Gasteiger partial charge >= 0.3 is 0 Å². The molecule has 6 heteroatoms. The normalized spacial score (nSPS) is 13.8. The zero-order chi connectivity index (χ0) is 13.1. The minimum absolute atomic E-state index is 0.0293. The number of thioether (sulfide) groups is 1. The van der Waals surface area contributed by atoms with Crippen molar-refractivity contribution < 1.29 is 4.74 Å². The predicted octanol–water partition coefficient (Wildman–Crippen LogP) is 1.46. The quantitative estimate of drug-likeness (QED) is 0.618. The lowest BCUT2D eigenvalue weighted by molar-refractivity contribution is 0.399. The Morgan fingerprint density at radius 2 is 2.24 bits per heavy atom. The van der Waals surface area contributed by atoms with Gasteiger partial charge in [0.1, 0.15) is 0 Å². The van der Waals surface area contributed by atoms with Crippen molar-refractivity contribution in [2.75, 3.05) is 12.9 Å². The van der Waals surface area contributed by atoms with Crippen LogP contribution in [0.5, 0.6) is 5.75 Å². The smallest absolute Gasteiger partial charge is 0.161 e. The number of aromatic nitrogens is 2. The topological polar surface area (TPSA) is 65.1 Å². The molecule has 0 aliphatic rings. The Morgan fingerprint density at radius 3 is 2.71 bits per heavy atom. The van der Waals surface area contributed by atoms with Crippen LogP contribution in [0.3, 0.4) is 0 Å². The second-order valence-corrected chi connectivity index (χ2v) is 6.71. The molecule has 1 atom stereocenters. The lowest BCUT2D eigenvalue weighted by Gasteiger charge is -2.23. The van der Waals surface area contributed by atoms with Gasteiger partial charge in [0.2, 0.25) is 0 Å². The van der Waals surface area contributed by atoms with E-state index < -0.39 is 0 Å². The Hall–Kier alpha value is -0.720. The maximum absolute atomic E-state index is 5.63. The van der Waals surface area contributed by atoms with E-state index in [2.05, 4.69) is 31.3 Å². The van der Waals surface area contributed by atoms with Crippen LogP contribution in [0.15, 0.2) is 6.20 Å². The van der Waals surface area contributed by atoms with Crippen LogP contribution in [0.2, 0.25) is 0 Å². The number of nitrogens with two attached hydrogens (primary N) is 1. The van der Waals surface area contributed by atoms with Crippen molar-refractivity contribution in [3.05, 3.63) is 11.9 Å². The van der Waals surface area contributed by atoms with Crippen molar-refractivity contribution in [1.29, 1.82) is 0 Å². The molecule has 0 aliphatic heterocycles. The van der Waals surface area contributed by atoms with Gasteiger partial charge in [-0.2, -0.15) is 16.9 Å². The molecule has 98 valence electrons.